The van der Waals surface area contributed by atoms with Crippen LogP contribution in [0.1, 0.15) is 22.0 Å². The van der Waals surface area contributed by atoms with Gasteiger partial charge in [0, 0.05) is 30.2 Å². The Morgan fingerprint density at radius 3 is 2.79 bits per heavy atom. The van der Waals surface area contributed by atoms with E-state index in [1.807, 2.05) is 47.4 Å². The fourth-order valence-electron chi connectivity index (χ4n) is 2.88. The van der Waals surface area contributed by atoms with E-state index in [4.69, 9.17) is 16.3 Å². The molecule has 1 fully saturated rings. The Balaban J connectivity index is 0.00000208. The second kappa shape index (κ2) is 8.38. The van der Waals surface area contributed by atoms with Crippen molar-refractivity contribution in [1.29, 1.82) is 0 Å². The summed E-state index contributed by atoms with van der Waals surface area (Å²) in [6.07, 6.45) is 0. The topological polar surface area (TPSA) is 41.6 Å². The number of halogens is 2. The van der Waals surface area contributed by atoms with Gasteiger partial charge in [-0.2, -0.15) is 0 Å². The van der Waals surface area contributed by atoms with Crippen molar-refractivity contribution in [2.24, 2.45) is 0 Å². The number of nitrogens with one attached hydrogen (secondary N) is 1. The van der Waals surface area contributed by atoms with Crippen LogP contribution >= 0.6 is 24.0 Å². The summed E-state index contributed by atoms with van der Waals surface area (Å²) in [5.74, 6) is 0.695. The van der Waals surface area contributed by atoms with Crippen molar-refractivity contribution in [3.8, 4) is 5.75 Å². The summed E-state index contributed by atoms with van der Waals surface area (Å²) in [5, 5.41) is 4.03. The van der Waals surface area contributed by atoms with Crippen LogP contribution in [-0.2, 0) is 0 Å². The first-order chi connectivity index (χ1) is 11.2. The fourth-order valence-corrected chi connectivity index (χ4v) is 3.08. The van der Waals surface area contributed by atoms with Crippen LogP contribution in [0.3, 0.4) is 0 Å². The summed E-state index contributed by atoms with van der Waals surface area (Å²) >= 11 is 6.11. The average Bonchev–Trinajstić information content (AvgIpc) is 2.61. The van der Waals surface area contributed by atoms with Crippen LogP contribution in [0.15, 0.2) is 48.5 Å². The third-order valence-electron chi connectivity index (χ3n) is 4.05. The summed E-state index contributed by atoms with van der Waals surface area (Å²) < 4.78 is 5.22. The number of piperazine rings is 1. The molecule has 1 atom stereocenters. The van der Waals surface area contributed by atoms with E-state index < -0.39 is 0 Å². The first kappa shape index (κ1) is 18.6. The molecule has 0 saturated carbocycles. The number of amides is 1. The van der Waals surface area contributed by atoms with Crippen molar-refractivity contribution in [2.75, 3.05) is 26.7 Å². The Kier molecular flexibility index (Phi) is 6.49. The van der Waals surface area contributed by atoms with Crippen LogP contribution in [0.25, 0.3) is 0 Å². The van der Waals surface area contributed by atoms with E-state index in [9.17, 15) is 4.79 Å². The summed E-state index contributed by atoms with van der Waals surface area (Å²) in [6, 6.07) is 14.9. The number of hydrogen-bond acceptors (Lipinski definition) is 3. The molecular formula is C18H20Cl2N2O2. The van der Waals surface area contributed by atoms with Crippen molar-refractivity contribution in [3.63, 3.8) is 0 Å². The minimum Gasteiger partial charge on any atom is -0.497 e. The number of nitrogens with zero attached hydrogens (tertiary/aromatic N) is 1. The average molecular weight is 367 g/mol. The van der Waals surface area contributed by atoms with Crippen molar-refractivity contribution in [3.05, 3.63) is 64.7 Å². The van der Waals surface area contributed by atoms with Gasteiger partial charge in [0.05, 0.1) is 13.2 Å². The maximum atomic E-state index is 12.9. The van der Waals surface area contributed by atoms with Crippen LogP contribution in [-0.4, -0.2) is 37.6 Å². The quantitative estimate of drug-likeness (QED) is 0.902. The van der Waals surface area contributed by atoms with Crippen LogP contribution in [0, 0.1) is 0 Å². The number of methoxy groups -OCH3 is 1. The van der Waals surface area contributed by atoms with Crippen molar-refractivity contribution >= 4 is 29.9 Å². The highest BCUT2D eigenvalue weighted by molar-refractivity contribution is 6.30. The van der Waals surface area contributed by atoms with E-state index in [1.54, 1.807) is 13.2 Å². The molecule has 3 rings (SSSR count). The summed E-state index contributed by atoms with van der Waals surface area (Å²) in [5.41, 5.74) is 1.68. The van der Waals surface area contributed by atoms with E-state index in [1.165, 1.54) is 0 Å². The Labute approximate surface area is 153 Å². The molecule has 0 bridgehead atoms. The first-order valence-electron chi connectivity index (χ1n) is 7.60. The lowest BCUT2D eigenvalue weighted by Gasteiger charge is -2.36. The molecule has 1 saturated heterocycles. The third-order valence-corrected chi connectivity index (χ3v) is 4.29. The minimum atomic E-state index is -0.0267. The van der Waals surface area contributed by atoms with Gasteiger partial charge in [-0.3, -0.25) is 4.79 Å². The fraction of sp³-hybridized carbons (Fsp3) is 0.278. The van der Waals surface area contributed by atoms with Gasteiger partial charge < -0.3 is 15.0 Å². The molecule has 0 radical (unpaired) electrons. The lowest BCUT2D eigenvalue weighted by atomic mass is 10.0. The molecule has 1 aliphatic heterocycles. The molecule has 1 unspecified atom stereocenters. The van der Waals surface area contributed by atoms with E-state index in [0.717, 1.165) is 18.7 Å². The normalized spacial score (nSPS) is 17.1. The molecule has 2 aromatic carbocycles. The molecule has 1 amide bonds. The SMILES string of the molecule is COc1cccc(C(=O)N2CCNCC2c2cccc(Cl)c2)c1.Cl. The van der Waals surface area contributed by atoms with Gasteiger partial charge in [0.2, 0.25) is 0 Å². The Morgan fingerprint density at radius 2 is 2.04 bits per heavy atom. The smallest absolute Gasteiger partial charge is 0.254 e. The molecule has 1 N–H and O–H groups in total. The van der Waals surface area contributed by atoms with Gasteiger partial charge in [-0.05, 0) is 35.9 Å². The Bertz CT molecular complexity index is 709. The molecule has 6 heteroatoms. The summed E-state index contributed by atoms with van der Waals surface area (Å²) in [6.45, 7) is 2.16. The lowest BCUT2D eigenvalue weighted by Crippen LogP contribution is -2.48. The largest absolute Gasteiger partial charge is 0.497 e. The van der Waals surface area contributed by atoms with Crippen LogP contribution < -0.4 is 10.1 Å². The zero-order valence-corrected chi connectivity index (χ0v) is 14.9. The van der Waals surface area contributed by atoms with Crippen molar-refractivity contribution < 1.29 is 9.53 Å². The predicted octanol–water partition coefficient (Wildman–Crippen LogP) is 3.56. The summed E-state index contributed by atoms with van der Waals surface area (Å²) in [4.78, 5) is 14.8. The minimum absolute atomic E-state index is 0. The van der Waals surface area contributed by atoms with E-state index in [-0.39, 0.29) is 24.4 Å². The second-order valence-electron chi connectivity index (χ2n) is 5.51. The van der Waals surface area contributed by atoms with E-state index in [2.05, 4.69) is 5.32 Å². The van der Waals surface area contributed by atoms with Crippen molar-refractivity contribution in [1.82, 2.24) is 10.2 Å². The third kappa shape index (κ3) is 4.01. The molecule has 1 heterocycles. The molecule has 1 aliphatic rings. The predicted molar refractivity (Wildman–Crippen MR) is 98.3 cm³/mol. The van der Waals surface area contributed by atoms with Gasteiger partial charge in [-0.15, -0.1) is 12.4 Å². The van der Waals surface area contributed by atoms with Crippen LogP contribution in [0.4, 0.5) is 0 Å². The Hall–Kier alpha value is -1.75. The lowest BCUT2D eigenvalue weighted by molar-refractivity contribution is 0.0634. The summed E-state index contributed by atoms with van der Waals surface area (Å²) in [7, 11) is 1.60. The molecule has 0 aliphatic carbocycles. The zero-order valence-electron chi connectivity index (χ0n) is 13.4. The molecule has 128 valence electrons. The first-order valence-corrected chi connectivity index (χ1v) is 7.98. The molecule has 0 spiro atoms. The Morgan fingerprint density at radius 1 is 1.25 bits per heavy atom. The number of ether oxygens (including phenoxy) is 1. The number of rotatable bonds is 3. The van der Waals surface area contributed by atoms with Crippen LogP contribution in [0.2, 0.25) is 5.02 Å². The number of carbonyl (C=O) groups is 1. The van der Waals surface area contributed by atoms with E-state index in [0.29, 0.717) is 22.9 Å². The molecule has 2 aromatic rings. The van der Waals surface area contributed by atoms with Gasteiger partial charge in [0.15, 0.2) is 0 Å². The molecule has 0 aromatic heterocycles. The number of carbonyl (C=O) groups excluding carboxylic acids is 1. The highest BCUT2D eigenvalue weighted by Crippen LogP contribution is 2.27. The zero-order chi connectivity index (χ0) is 16.2. The molecule has 4 nitrogen and oxygen atoms in total. The maximum Gasteiger partial charge on any atom is 0.254 e. The van der Waals surface area contributed by atoms with Gasteiger partial charge in [0.25, 0.3) is 5.91 Å². The van der Waals surface area contributed by atoms with Gasteiger partial charge in [-0.25, -0.2) is 0 Å². The van der Waals surface area contributed by atoms with Crippen LogP contribution in [0.5, 0.6) is 5.75 Å². The standard InChI is InChI=1S/C18H19ClN2O2.ClH/c1-23-16-7-3-5-14(11-16)18(22)21-9-8-20-12-17(21)13-4-2-6-15(19)10-13;/h2-7,10-11,17,20H,8-9,12H2,1H3;1H. The highest BCUT2D eigenvalue weighted by atomic mass is 35.5. The molecular weight excluding hydrogens is 347 g/mol. The molecule has 24 heavy (non-hydrogen) atoms. The van der Waals surface area contributed by atoms with Crippen molar-refractivity contribution in [2.45, 2.75) is 6.04 Å². The van der Waals surface area contributed by atoms with E-state index >= 15 is 0 Å². The maximum absolute atomic E-state index is 12.9. The van der Waals surface area contributed by atoms with Gasteiger partial charge >= 0.3 is 0 Å². The number of benzene rings is 2. The monoisotopic (exact) mass is 366 g/mol. The number of hydrogen-bond donors (Lipinski definition) is 1. The van der Waals surface area contributed by atoms with Gasteiger partial charge in [-0.1, -0.05) is 29.8 Å². The highest BCUT2D eigenvalue weighted by Gasteiger charge is 2.28. The second-order valence-corrected chi connectivity index (χ2v) is 5.94. The van der Waals surface area contributed by atoms with Gasteiger partial charge in [0.1, 0.15) is 5.75 Å².